The molecular formula is C13H14N2O2S. The summed E-state index contributed by atoms with van der Waals surface area (Å²) in [5.74, 6) is -0.117. The quantitative estimate of drug-likeness (QED) is 0.857. The minimum absolute atomic E-state index is 0.0436. The molecule has 0 radical (unpaired) electrons. The number of aliphatic hydroxyl groups excluding tert-OH is 1. The minimum atomic E-state index is -0.117. The van der Waals surface area contributed by atoms with E-state index < -0.39 is 0 Å². The van der Waals surface area contributed by atoms with Gasteiger partial charge in [0.1, 0.15) is 5.01 Å². The molecule has 2 rings (SSSR count). The second-order valence-corrected chi connectivity index (χ2v) is 4.62. The second-order valence-electron chi connectivity index (χ2n) is 3.76. The standard InChI is InChI=1S/C13H14N2O2S/c16-7-6-14-12(17)8-11-9-18-13(15-11)10-4-2-1-3-5-10/h1-5,9,16H,6-8H2,(H,14,17). The second kappa shape index (κ2) is 6.28. The smallest absolute Gasteiger partial charge is 0.226 e. The molecule has 4 nitrogen and oxygen atoms in total. The fourth-order valence-electron chi connectivity index (χ4n) is 1.52. The van der Waals surface area contributed by atoms with E-state index >= 15 is 0 Å². The van der Waals surface area contributed by atoms with Crippen LogP contribution in [0, 0.1) is 0 Å². The monoisotopic (exact) mass is 262 g/mol. The van der Waals surface area contributed by atoms with Gasteiger partial charge in [0.05, 0.1) is 18.7 Å². The highest BCUT2D eigenvalue weighted by Crippen LogP contribution is 2.23. The molecule has 1 aromatic carbocycles. The van der Waals surface area contributed by atoms with Gasteiger partial charge < -0.3 is 10.4 Å². The van der Waals surface area contributed by atoms with Crippen molar-refractivity contribution in [3.8, 4) is 10.6 Å². The Labute approximate surface area is 109 Å². The first-order chi connectivity index (χ1) is 8.79. The summed E-state index contributed by atoms with van der Waals surface area (Å²) in [5.41, 5.74) is 1.82. The maximum Gasteiger partial charge on any atom is 0.226 e. The van der Waals surface area contributed by atoms with Crippen molar-refractivity contribution in [2.45, 2.75) is 6.42 Å². The first kappa shape index (κ1) is 12.7. The lowest BCUT2D eigenvalue weighted by Gasteiger charge is -2.00. The molecule has 1 heterocycles. The van der Waals surface area contributed by atoms with Crippen molar-refractivity contribution >= 4 is 17.2 Å². The first-order valence-corrected chi connectivity index (χ1v) is 6.55. The number of aromatic nitrogens is 1. The molecule has 5 heteroatoms. The summed E-state index contributed by atoms with van der Waals surface area (Å²) in [7, 11) is 0. The zero-order valence-corrected chi connectivity index (χ0v) is 10.6. The Morgan fingerprint density at radius 3 is 2.83 bits per heavy atom. The topological polar surface area (TPSA) is 62.2 Å². The summed E-state index contributed by atoms with van der Waals surface area (Å²) in [6.45, 7) is 0.243. The van der Waals surface area contributed by atoms with Crippen LogP contribution in [0.4, 0.5) is 0 Å². The van der Waals surface area contributed by atoms with E-state index in [0.717, 1.165) is 16.3 Å². The van der Waals surface area contributed by atoms with Crippen molar-refractivity contribution in [2.75, 3.05) is 13.2 Å². The van der Waals surface area contributed by atoms with Crippen LogP contribution in [0.2, 0.25) is 0 Å². The van der Waals surface area contributed by atoms with E-state index in [-0.39, 0.29) is 25.5 Å². The molecule has 0 atom stereocenters. The van der Waals surface area contributed by atoms with Crippen LogP contribution in [-0.2, 0) is 11.2 Å². The van der Waals surface area contributed by atoms with Crippen molar-refractivity contribution in [1.29, 1.82) is 0 Å². The summed E-state index contributed by atoms with van der Waals surface area (Å²) in [5, 5.41) is 14.0. The number of aliphatic hydroxyl groups is 1. The van der Waals surface area contributed by atoms with Crippen LogP contribution in [0.5, 0.6) is 0 Å². The molecule has 18 heavy (non-hydrogen) atoms. The zero-order valence-electron chi connectivity index (χ0n) is 9.80. The van der Waals surface area contributed by atoms with Gasteiger partial charge in [0.15, 0.2) is 0 Å². The molecule has 1 amide bonds. The van der Waals surface area contributed by atoms with Gasteiger partial charge in [0.25, 0.3) is 0 Å². The van der Waals surface area contributed by atoms with E-state index in [1.165, 1.54) is 11.3 Å². The van der Waals surface area contributed by atoms with Gasteiger partial charge in [-0.25, -0.2) is 4.98 Å². The average molecular weight is 262 g/mol. The largest absolute Gasteiger partial charge is 0.395 e. The predicted molar refractivity (Wildman–Crippen MR) is 71.3 cm³/mol. The molecule has 0 unspecified atom stereocenters. The molecule has 0 fully saturated rings. The van der Waals surface area contributed by atoms with Crippen molar-refractivity contribution in [1.82, 2.24) is 10.3 Å². The molecule has 0 saturated carbocycles. The zero-order chi connectivity index (χ0) is 12.8. The van der Waals surface area contributed by atoms with Gasteiger partial charge in [-0.05, 0) is 0 Å². The Morgan fingerprint density at radius 2 is 2.11 bits per heavy atom. The number of nitrogens with zero attached hydrogens (tertiary/aromatic N) is 1. The third-order valence-electron chi connectivity index (χ3n) is 2.35. The van der Waals surface area contributed by atoms with E-state index in [1.54, 1.807) is 0 Å². The van der Waals surface area contributed by atoms with Crippen molar-refractivity contribution in [3.05, 3.63) is 41.4 Å². The van der Waals surface area contributed by atoms with E-state index in [9.17, 15) is 4.79 Å². The van der Waals surface area contributed by atoms with E-state index in [2.05, 4.69) is 10.3 Å². The summed E-state index contributed by atoms with van der Waals surface area (Å²) in [6.07, 6.45) is 0.253. The highest BCUT2D eigenvalue weighted by atomic mass is 32.1. The molecule has 0 spiro atoms. The summed E-state index contributed by atoms with van der Waals surface area (Å²) in [6, 6.07) is 9.87. The van der Waals surface area contributed by atoms with Gasteiger partial charge in [-0.15, -0.1) is 11.3 Å². The number of rotatable bonds is 5. The summed E-state index contributed by atoms with van der Waals surface area (Å²) >= 11 is 1.53. The Hall–Kier alpha value is -1.72. The van der Waals surface area contributed by atoms with Crippen molar-refractivity contribution < 1.29 is 9.90 Å². The van der Waals surface area contributed by atoms with E-state index in [0.29, 0.717) is 0 Å². The molecule has 0 saturated heterocycles. The molecular weight excluding hydrogens is 248 g/mol. The number of amides is 1. The third kappa shape index (κ3) is 3.38. The van der Waals surface area contributed by atoms with E-state index in [1.807, 2.05) is 35.7 Å². The van der Waals surface area contributed by atoms with Crippen molar-refractivity contribution in [3.63, 3.8) is 0 Å². The van der Waals surface area contributed by atoms with Gasteiger partial charge in [-0.3, -0.25) is 4.79 Å². The molecule has 2 N–H and O–H groups in total. The fourth-order valence-corrected chi connectivity index (χ4v) is 2.35. The Kier molecular flexibility index (Phi) is 4.44. The number of hydrogen-bond acceptors (Lipinski definition) is 4. The minimum Gasteiger partial charge on any atom is -0.395 e. The van der Waals surface area contributed by atoms with Crippen LogP contribution >= 0.6 is 11.3 Å². The van der Waals surface area contributed by atoms with Gasteiger partial charge >= 0.3 is 0 Å². The summed E-state index contributed by atoms with van der Waals surface area (Å²) in [4.78, 5) is 15.9. The van der Waals surface area contributed by atoms with Crippen LogP contribution in [0.15, 0.2) is 35.7 Å². The molecule has 0 aliphatic heterocycles. The summed E-state index contributed by atoms with van der Waals surface area (Å²) < 4.78 is 0. The van der Waals surface area contributed by atoms with Gasteiger partial charge in [0.2, 0.25) is 5.91 Å². The van der Waals surface area contributed by atoms with Crippen LogP contribution < -0.4 is 5.32 Å². The van der Waals surface area contributed by atoms with Crippen LogP contribution in [0.1, 0.15) is 5.69 Å². The average Bonchev–Trinajstić information content (AvgIpc) is 2.86. The highest BCUT2D eigenvalue weighted by Gasteiger charge is 2.08. The molecule has 0 aliphatic carbocycles. The predicted octanol–water partition coefficient (Wildman–Crippen LogP) is 1.46. The van der Waals surface area contributed by atoms with Gasteiger partial charge in [-0.2, -0.15) is 0 Å². The lowest BCUT2D eigenvalue weighted by Crippen LogP contribution is -2.27. The number of thiazole rings is 1. The van der Waals surface area contributed by atoms with Crippen LogP contribution in [-0.4, -0.2) is 29.1 Å². The van der Waals surface area contributed by atoms with Gasteiger partial charge in [-0.1, -0.05) is 30.3 Å². The number of nitrogens with one attached hydrogen (secondary N) is 1. The maximum absolute atomic E-state index is 11.5. The molecule has 0 bridgehead atoms. The number of carbonyl (C=O) groups is 1. The number of hydrogen-bond donors (Lipinski definition) is 2. The van der Waals surface area contributed by atoms with Crippen LogP contribution in [0.3, 0.4) is 0 Å². The SMILES string of the molecule is O=C(Cc1csc(-c2ccccc2)n1)NCCO. The molecule has 1 aromatic heterocycles. The fraction of sp³-hybridized carbons (Fsp3) is 0.231. The molecule has 94 valence electrons. The lowest BCUT2D eigenvalue weighted by molar-refractivity contribution is -0.120. The highest BCUT2D eigenvalue weighted by molar-refractivity contribution is 7.13. The first-order valence-electron chi connectivity index (χ1n) is 5.67. The molecule has 0 aliphatic rings. The Bertz CT molecular complexity index is 511. The Balaban J connectivity index is 2.00. The van der Waals surface area contributed by atoms with Gasteiger partial charge in [0, 0.05) is 17.5 Å². The maximum atomic E-state index is 11.5. The number of carbonyl (C=O) groups excluding carboxylic acids is 1. The number of benzene rings is 1. The lowest BCUT2D eigenvalue weighted by atomic mass is 10.2. The van der Waals surface area contributed by atoms with Crippen LogP contribution in [0.25, 0.3) is 10.6 Å². The third-order valence-corrected chi connectivity index (χ3v) is 3.29. The van der Waals surface area contributed by atoms with E-state index in [4.69, 9.17) is 5.11 Å². The molecule has 2 aromatic rings. The van der Waals surface area contributed by atoms with Crippen molar-refractivity contribution in [2.24, 2.45) is 0 Å². The normalized spacial score (nSPS) is 10.3. The Morgan fingerprint density at radius 1 is 1.33 bits per heavy atom.